The largest absolute Gasteiger partial charge is 0.467 e. The molecule has 1 saturated heterocycles. The molecule has 23 heavy (non-hydrogen) atoms. The van der Waals surface area contributed by atoms with Crippen LogP contribution in [-0.2, 0) is 19.1 Å². The summed E-state index contributed by atoms with van der Waals surface area (Å²) in [6.45, 7) is 0.119. The van der Waals surface area contributed by atoms with Crippen LogP contribution in [0.1, 0.15) is 16.8 Å². The molecule has 0 spiro atoms. The predicted octanol–water partition coefficient (Wildman–Crippen LogP) is 0.205. The van der Waals surface area contributed by atoms with Crippen molar-refractivity contribution < 1.29 is 23.9 Å². The van der Waals surface area contributed by atoms with Crippen molar-refractivity contribution in [1.82, 2.24) is 10.2 Å². The summed E-state index contributed by atoms with van der Waals surface area (Å²) in [5.74, 6) is -1.16. The molecule has 2 atom stereocenters. The number of methoxy groups -OCH3 is 2. The fourth-order valence-corrected chi connectivity index (χ4v) is 2.55. The molecule has 1 heterocycles. The Hall–Kier alpha value is -2.41. The highest BCUT2D eigenvalue weighted by molar-refractivity contribution is 5.97. The van der Waals surface area contributed by atoms with Gasteiger partial charge in [0.1, 0.15) is 6.04 Å². The van der Waals surface area contributed by atoms with Gasteiger partial charge in [0.25, 0.3) is 5.91 Å². The van der Waals surface area contributed by atoms with Crippen LogP contribution >= 0.6 is 0 Å². The van der Waals surface area contributed by atoms with Gasteiger partial charge < -0.3 is 19.7 Å². The van der Waals surface area contributed by atoms with E-state index in [4.69, 9.17) is 9.47 Å². The predicted molar refractivity (Wildman–Crippen MR) is 81.7 cm³/mol. The van der Waals surface area contributed by atoms with Gasteiger partial charge >= 0.3 is 5.97 Å². The Bertz CT molecular complexity index is 575. The number of benzene rings is 1. The van der Waals surface area contributed by atoms with Gasteiger partial charge in [0.15, 0.2) is 0 Å². The third-order valence-electron chi connectivity index (χ3n) is 3.83. The van der Waals surface area contributed by atoms with Gasteiger partial charge in [-0.15, -0.1) is 0 Å². The Morgan fingerprint density at radius 3 is 2.52 bits per heavy atom. The molecule has 2 unspecified atom stereocenters. The van der Waals surface area contributed by atoms with E-state index in [-0.39, 0.29) is 24.5 Å². The first-order valence-electron chi connectivity index (χ1n) is 7.30. The zero-order chi connectivity index (χ0) is 16.8. The molecule has 0 bridgehead atoms. The Kier molecular flexibility index (Phi) is 5.70. The molecule has 0 saturated carbocycles. The molecule has 2 amide bonds. The van der Waals surface area contributed by atoms with Crippen molar-refractivity contribution in [3.8, 4) is 0 Å². The van der Waals surface area contributed by atoms with E-state index in [1.165, 1.54) is 19.1 Å². The second-order valence-electron chi connectivity index (χ2n) is 5.23. The van der Waals surface area contributed by atoms with Crippen molar-refractivity contribution in [2.24, 2.45) is 0 Å². The quantitative estimate of drug-likeness (QED) is 0.784. The number of ether oxygens (including phenoxy) is 2. The number of hydrogen-bond donors (Lipinski definition) is 1. The summed E-state index contributed by atoms with van der Waals surface area (Å²) in [5.41, 5.74) is 0.473. The van der Waals surface area contributed by atoms with Crippen LogP contribution in [0.15, 0.2) is 30.3 Å². The Morgan fingerprint density at radius 1 is 1.22 bits per heavy atom. The van der Waals surface area contributed by atoms with E-state index in [2.05, 4.69) is 5.32 Å². The molecule has 1 fully saturated rings. The van der Waals surface area contributed by atoms with Crippen LogP contribution in [0.25, 0.3) is 0 Å². The van der Waals surface area contributed by atoms with E-state index in [1.807, 2.05) is 0 Å². The number of carbonyl (C=O) groups is 3. The van der Waals surface area contributed by atoms with E-state index >= 15 is 0 Å². The van der Waals surface area contributed by atoms with Gasteiger partial charge in [0.2, 0.25) is 5.91 Å². The highest BCUT2D eigenvalue weighted by Gasteiger charge is 2.40. The van der Waals surface area contributed by atoms with Gasteiger partial charge in [-0.05, 0) is 12.1 Å². The van der Waals surface area contributed by atoms with Gasteiger partial charge in [0, 0.05) is 25.6 Å². The SMILES string of the molecule is COC(=O)C1CC(OC)CN1C(=O)CNC(=O)c1ccccc1. The highest BCUT2D eigenvalue weighted by Crippen LogP contribution is 2.21. The van der Waals surface area contributed by atoms with E-state index in [0.717, 1.165) is 0 Å². The lowest BCUT2D eigenvalue weighted by Crippen LogP contribution is -2.46. The highest BCUT2D eigenvalue weighted by atomic mass is 16.5. The minimum absolute atomic E-state index is 0.183. The number of nitrogens with zero attached hydrogens (tertiary/aromatic N) is 1. The molecule has 124 valence electrons. The molecule has 0 aromatic heterocycles. The van der Waals surface area contributed by atoms with Gasteiger partial charge in [0.05, 0.1) is 19.8 Å². The van der Waals surface area contributed by atoms with Crippen molar-refractivity contribution in [3.63, 3.8) is 0 Å². The monoisotopic (exact) mass is 320 g/mol. The lowest BCUT2D eigenvalue weighted by atomic mass is 10.2. The van der Waals surface area contributed by atoms with Crippen LogP contribution < -0.4 is 5.32 Å². The number of hydrogen-bond acceptors (Lipinski definition) is 5. The first-order valence-corrected chi connectivity index (χ1v) is 7.30. The maximum absolute atomic E-state index is 12.3. The van der Waals surface area contributed by atoms with E-state index < -0.39 is 12.0 Å². The van der Waals surface area contributed by atoms with Gasteiger partial charge in [-0.2, -0.15) is 0 Å². The first kappa shape index (κ1) is 17.0. The third kappa shape index (κ3) is 4.07. The maximum atomic E-state index is 12.3. The Morgan fingerprint density at radius 2 is 1.91 bits per heavy atom. The standard InChI is InChI=1S/C16H20N2O5/c1-22-12-8-13(16(21)23-2)18(10-12)14(19)9-17-15(20)11-6-4-3-5-7-11/h3-7,12-13H,8-10H2,1-2H3,(H,17,20). The van der Waals surface area contributed by atoms with E-state index in [9.17, 15) is 14.4 Å². The summed E-state index contributed by atoms with van der Waals surface area (Å²) < 4.78 is 9.95. The Balaban J connectivity index is 1.96. The Labute approximate surface area is 134 Å². The minimum Gasteiger partial charge on any atom is -0.467 e. The zero-order valence-electron chi connectivity index (χ0n) is 13.2. The molecule has 1 aromatic rings. The van der Waals surface area contributed by atoms with Crippen molar-refractivity contribution in [2.45, 2.75) is 18.6 Å². The smallest absolute Gasteiger partial charge is 0.328 e. The lowest BCUT2D eigenvalue weighted by molar-refractivity contribution is -0.150. The maximum Gasteiger partial charge on any atom is 0.328 e. The van der Waals surface area contributed by atoms with Gasteiger partial charge in [-0.3, -0.25) is 9.59 Å². The number of rotatable bonds is 5. The summed E-state index contributed by atoms with van der Waals surface area (Å²) in [5, 5.41) is 2.56. The molecule has 0 radical (unpaired) electrons. The fraction of sp³-hybridized carbons (Fsp3) is 0.438. The number of esters is 1. The molecular weight excluding hydrogens is 300 g/mol. The molecule has 2 rings (SSSR count). The topological polar surface area (TPSA) is 84.9 Å². The molecule has 1 aromatic carbocycles. The van der Waals surface area contributed by atoms with Gasteiger partial charge in [-0.1, -0.05) is 18.2 Å². The second-order valence-corrected chi connectivity index (χ2v) is 5.23. The van der Waals surface area contributed by atoms with E-state index in [0.29, 0.717) is 18.5 Å². The molecule has 1 N–H and O–H groups in total. The van der Waals surface area contributed by atoms with Crippen molar-refractivity contribution in [1.29, 1.82) is 0 Å². The van der Waals surface area contributed by atoms with Crippen molar-refractivity contribution in [2.75, 3.05) is 27.3 Å². The van der Waals surface area contributed by atoms with Crippen LogP contribution in [0.5, 0.6) is 0 Å². The summed E-state index contributed by atoms with van der Waals surface area (Å²) >= 11 is 0. The van der Waals surface area contributed by atoms with Gasteiger partial charge in [-0.25, -0.2) is 4.79 Å². The van der Waals surface area contributed by atoms with Crippen molar-refractivity contribution >= 4 is 17.8 Å². The first-order chi connectivity index (χ1) is 11.1. The summed E-state index contributed by atoms with van der Waals surface area (Å²) in [4.78, 5) is 37.5. The average molecular weight is 320 g/mol. The number of carbonyl (C=O) groups excluding carboxylic acids is 3. The third-order valence-corrected chi connectivity index (χ3v) is 3.83. The molecule has 0 aliphatic carbocycles. The molecule has 1 aliphatic rings. The summed E-state index contributed by atoms with van der Waals surface area (Å²) in [6, 6.07) is 7.94. The van der Waals surface area contributed by atoms with Crippen LogP contribution in [0.3, 0.4) is 0 Å². The van der Waals surface area contributed by atoms with Crippen LogP contribution in [0.4, 0.5) is 0 Å². The summed E-state index contributed by atoms with van der Waals surface area (Å²) in [6.07, 6.45) is 0.175. The van der Waals surface area contributed by atoms with Crippen LogP contribution in [0, 0.1) is 0 Å². The zero-order valence-corrected chi connectivity index (χ0v) is 13.2. The minimum atomic E-state index is -0.675. The number of amides is 2. The average Bonchev–Trinajstić information content (AvgIpc) is 3.04. The molecule has 7 heteroatoms. The molecule has 7 nitrogen and oxygen atoms in total. The van der Waals surface area contributed by atoms with Crippen LogP contribution in [0.2, 0.25) is 0 Å². The number of likely N-dealkylation sites (tertiary alicyclic amines) is 1. The summed E-state index contributed by atoms with van der Waals surface area (Å²) in [7, 11) is 2.81. The van der Waals surface area contributed by atoms with Crippen LogP contribution in [-0.4, -0.2) is 62.1 Å². The van der Waals surface area contributed by atoms with Crippen molar-refractivity contribution in [3.05, 3.63) is 35.9 Å². The normalized spacial score (nSPS) is 20.2. The van der Waals surface area contributed by atoms with E-state index in [1.54, 1.807) is 30.3 Å². The second kappa shape index (κ2) is 7.73. The molecular formula is C16H20N2O5. The fourth-order valence-electron chi connectivity index (χ4n) is 2.55. The lowest BCUT2D eigenvalue weighted by Gasteiger charge is -2.22. The molecule has 1 aliphatic heterocycles. The number of nitrogens with one attached hydrogen (secondary N) is 1.